The number of nitrogens with zero attached hydrogens (tertiary/aromatic N) is 1. The Balaban J connectivity index is 1.70. The van der Waals surface area contributed by atoms with Crippen molar-refractivity contribution in [2.24, 2.45) is 0 Å². The number of hydrogen-bond donors (Lipinski definition) is 2. The Kier molecular flexibility index (Phi) is 7.55. The minimum absolute atomic E-state index is 0.0131. The van der Waals surface area contributed by atoms with E-state index in [4.69, 9.17) is 26.8 Å². The van der Waals surface area contributed by atoms with E-state index in [1.54, 1.807) is 17.0 Å². The number of hydrogen-bond acceptors (Lipinski definition) is 5. The molecule has 31 heavy (non-hydrogen) atoms. The van der Waals surface area contributed by atoms with Crippen LogP contribution in [0.4, 0.5) is 16.2 Å². The van der Waals surface area contributed by atoms with Crippen LogP contribution in [-0.2, 0) is 11.3 Å². The predicted molar refractivity (Wildman–Crippen MR) is 126 cm³/mol. The van der Waals surface area contributed by atoms with Crippen molar-refractivity contribution in [3.05, 3.63) is 53.1 Å². The van der Waals surface area contributed by atoms with E-state index in [0.717, 1.165) is 24.8 Å². The number of ether oxygens (including phenoxy) is 2. The Morgan fingerprint density at radius 1 is 1.19 bits per heavy atom. The van der Waals surface area contributed by atoms with Gasteiger partial charge in [-0.15, -0.1) is 0 Å². The Hall–Kier alpha value is -2.60. The summed E-state index contributed by atoms with van der Waals surface area (Å²) in [6, 6.07) is 13.5. The Morgan fingerprint density at radius 3 is 2.65 bits per heavy atom. The molecule has 0 saturated carbocycles. The molecule has 3 N–H and O–H groups in total. The molecule has 7 heteroatoms. The lowest BCUT2D eigenvalue weighted by molar-refractivity contribution is 0.0252. The summed E-state index contributed by atoms with van der Waals surface area (Å²) in [5.74, 6) is 0.569. The van der Waals surface area contributed by atoms with E-state index in [1.807, 2.05) is 51.1 Å². The predicted octanol–water partition coefficient (Wildman–Crippen LogP) is 5.70. The zero-order valence-electron chi connectivity index (χ0n) is 18.5. The van der Waals surface area contributed by atoms with Crippen molar-refractivity contribution in [2.45, 2.75) is 58.3 Å². The van der Waals surface area contributed by atoms with Gasteiger partial charge in [0.1, 0.15) is 23.0 Å². The molecule has 1 heterocycles. The first-order valence-corrected chi connectivity index (χ1v) is 11.1. The van der Waals surface area contributed by atoms with Crippen LogP contribution in [0.15, 0.2) is 42.5 Å². The summed E-state index contributed by atoms with van der Waals surface area (Å²) in [7, 11) is 0. The number of likely N-dealkylation sites (tertiary alicyclic amines) is 1. The summed E-state index contributed by atoms with van der Waals surface area (Å²) in [4.78, 5) is 14.3. The van der Waals surface area contributed by atoms with Gasteiger partial charge in [0.15, 0.2) is 0 Å². The third-order valence-electron chi connectivity index (χ3n) is 5.05. The number of amides is 1. The van der Waals surface area contributed by atoms with Crippen molar-refractivity contribution < 1.29 is 14.3 Å². The zero-order chi connectivity index (χ0) is 22.4. The van der Waals surface area contributed by atoms with Gasteiger partial charge < -0.3 is 25.4 Å². The topological polar surface area (TPSA) is 76.8 Å². The number of nitrogens with one attached hydrogen (secondary N) is 1. The summed E-state index contributed by atoms with van der Waals surface area (Å²) < 4.78 is 11.5. The number of nitrogens with two attached hydrogens (primary N) is 1. The summed E-state index contributed by atoms with van der Waals surface area (Å²) >= 11 is 6.65. The van der Waals surface area contributed by atoms with Crippen molar-refractivity contribution in [3.8, 4) is 5.75 Å². The largest absolute Gasteiger partial charge is 0.487 e. The van der Waals surface area contributed by atoms with Gasteiger partial charge in [-0.05, 0) is 57.7 Å². The van der Waals surface area contributed by atoms with Gasteiger partial charge in [-0.2, -0.15) is 0 Å². The molecule has 1 amide bonds. The Labute approximate surface area is 189 Å². The second-order valence-electron chi connectivity index (χ2n) is 8.88. The molecule has 1 atom stereocenters. The first-order chi connectivity index (χ1) is 14.7. The van der Waals surface area contributed by atoms with Crippen LogP contribution in [0.25, 0.3) is 0 Å². The minimum Gasteiger partial charge on any atom is -0.487 e. The first-order valence-electron chi connectivity index (χ1n) is 10.7. The molecule has 1 aliphatic heterocycles. The summed E-state index contributed by atoms with van der Waals surface area (Å²) in [5, 5.41) is 3.91. The molecule has 0 bridgehead atoms. The van der Waals surface area contributed by atoms with Crippen molar-refractivity contribution in [2.75, 3.05) is 24.1 Å². The maximum atomic E-state index is 12.6. The van der Waals surface area contributed by atoms with Gasteiger partial charge in [-0.1, -0.05) is 41.9 Å². The highest BCUT2D eigenvalue weighted by atomic mass is 35.5. The second-order valence-corrected chi connectivity index (χ2v) is 9.26. The van der Waals surface area contributed by atoms with Gasteiger partial charge in [0.2, 0.25) is 0 Å². The molecule has 0 unspecified atom stereocenters. The fraction of sp³-hybridized carbons (Fsp3) is 0.458. The van der Waals surface area contributed by atoms with E-state index in [2.05, 4.69) is 5.32 Å². The number of carbonyl (C=O) groups is 1. The summed E-state index contributed by atoms with van der Waals surface area (Å²) in [6.45, 7) is 7.25. The van der Waals surface area contributed by atoms with Gasteiger partial charge in [0.05, 0.1) is 11.4 Å². The van der Waals surface area contributed by atoms with E-state index < -0.39 is 5.60 Å². The van der Waals surface area contributed by atoms with Crippen LogP contribution in [0.1, 0.15) is 45.6 Å². The van der Waals surface area contributed by atoms with E-state index in [1.165, 1.54) is 0 Å². The number of halogens is 1. The number of rotatable bonds is 5. The molecular weight excluding hydrogens is 414 g/mol. The number of benzene rings is 2. The molecule has 168 valence electrons. The lowest BCUT2D eigenvalue weighted by Gasteiger charge is -2.29. The normalized spacial score (nSPS) is 17.0. The van der Waals surface area contributed by atoms with Crippen LogP contribution >= 0.6 is 11.6 Å². The molecule has 2 aromatic carbocycles. The van der Waals surface area contributed by atoms with Crippen molar-refractivity contribution in [3.63, 3.8) is 0 Å². The van der Waals surface area contributed by atoms with Gasteiger partial charge in [0, 0.05) is 19.1 Å². The van der Waals surface area contributed by atoms with E-state index >= 15 is 0 Å². The van der Waals surface area contributed by atoms with Gasteiger partial charge in [-0.3, -0.25) is 0 Å². The quantitative estimate of drug-likeness (QED) is 0.577. The third kappa shape index (κ3) is 6.69. The summed E-state index contributed by atoms with van der Waals surface area (Å²) in [5.41, 5.74) is 7.95. The summed E-state index contributed by atoms with van der Waals surface area (Å²) in [6.07, 6.45) is 2.55. The standard InChI is InChI=1S/C24H32ClN3O3/c1-24(2,3)31-23(29)28-14-8-7-11-18(15-28)27-22-19(26)12-13-20(21(22)25)30-16-17-9-5-4-6-10-17/h4-6,9-10,12-13,18,27H,7-8,11,14-16,26H2,1-3H3/t18-/m1/s1. The van der Waals surface area contributed by atoms with Crippen LogP contribution in [0.3, 0.4) is 0 Å². The van der Waals surface area contributed by atoms with Crippen molar-refractivity contribution in [1.29, 1.82) is 0 Å². The van der Waals surface area contributed by atoms with E-state index in [0.29, 0.717) is 41.8 Å². The van der Waals surface area contributed by atoms with Crippen LogP contribution in [0.5, 0.6) is 5.75 Å². The van der Waals surface area contributed by atoms with Crippen LogP contribution in [0.2, 0.25) is 5.02 Å². The second kappa shape index (κ2) is 10.1. The molecule has 1 aliphatic rings. The smallest absolute Gasteiger partial charge is 0.410 e. The molecule has 2 aromatic rings. The number of anilines is 2. The van der Waals surface area contributed by atoms with Gasteiger partial charge in [-0.25, -0.2) is 4.79 Å². The fourth-order valence-electron chi connectivity index (χ4n) is 3.52. The van der Waals surface area contributed by atoms with Crippen molar-refractivity contribution in [1.82, 2.24) is 4.90 Å². The maximum absolute atomic E-state index is 12.6. The molecule has 1 saturated heterocycles. The Bertz CT molecular complexity index is 884. The Morgan fingerprint density at radius 2 is 1.94 bits per heavy atom. The molecular formula is C24H32ClN3O3. The van der Waals surface area contributed by atoms with E-state index in [9.17, 15) is 4.79 Å². The monoisotopic (exact) mass is 445 g/mol. The molecule has 0 aliphatic carbocycles. The molecule has 1 fully saturated rings. The highest BCUT2D eigenvalue weighted by molar-refractivity contribution is 6.35. The zero-order valence-corrected chi connectivity index (χ0v) is 19.2. The number of nitrogen functional groups attached to an aromatic ring is 1. The highest BCUT2D eigenvalue weighted by Gasteiger charge is 2.27. The molecule has 6 nitrogen and oxygen atoms in total. The fourth-order valence-corrected chi connectivity index (χ4v) is 3.80. The molecule has 3 rings (SSSR count). The van der Waals surface area contributed by atoms with Crippen molar-refractivity contribution >= 4 is 29.1 Å². The van der Waals surface area contributed by atoms with E-state index in [-0.39, 0.29) is 12.1 Å². The van der Waals surface area contributed by atoms with Crippen LogP contribution in [0, 0.1) is 0 Å². The SMILES string of the molecule is CC(C)(C)OC(=O)N1CCCC[C@@H](Nc2c(N)ccc(OCc3ccccc3)c2Cl)C1. The molecule has 0 spiro atoms. The molecule has 0 aromatic heterocycles. The lowest BCUT2D eigenvalue weighted by Crippen LogP contribution is -2.42. The van der Waals surface area contributed by atoms with Crippen LogP contribution in [-0.4, -0.2) is 35.7 Å². The van der Waals surface area contributed by atoms with Crippen LogP contribution < -0.4 is 15.8 Å². The first kappa shape index (κ1) is 23.1. The number of carbonyl (C=O) groups excluding carboxylic acids is 1. The van der Waals surface area contributed by atoms with Gasteiger partial charge in [0.25, 0.3) is 0 Å². The third-order valence-corrected chi connectivity index (χ3v) is 5.42. The lowest BCUT2D eigenvalue weighted by atomic mass is 10.1. The average molecular weight is 446 g/mol. The molecule has 0 radical (unpaired) electrons. The minimum atomic E-state index is -0.523. The highest BCUT2D eigenvalue weighted by Crippen LogP contribution is 2.38. The maximum Gasteiger partial charge on any atom is 0.410 e. The van der Waals surface area contributed by atoms with Gasteiger partial charge >= 0.3 is 6.09 Å². The average Bonchev–Trinajstić information content (AvgIpc) is 2.96.